The monoisotopic (exact) mass is 392 g/mol. The van der Waals surface area contributed by atoms with Crippen LogP contribution in [0.1, 0.15) is 15.9 Å². The molecule has 0 fully saturated rings. The number of carbonyl (C=O) groups is 2. The Morgan fingerprint density at radius 3 is 2.45 bits per heavy atom. The van der Waals surface area contributed by atoms with Crippen molar-refractivity contribution in [1.82, 2.24) is 10.9 Å². The number of benzene rings is 3. The van der Waals surface area contributed by atoms with Gasteiger partial charge in [0.25, 0.3) is 11.6 Å². The van der Waals surface area contributed by atoms with Crippen LogP contribution in [-0.2, 0) is 11.2 Å². The van der Waals surface area contributed by atoms with E-state index in [9.17, 15) is 19.7 Å². The molecule has 0 bridgehead atoms. The lowest BCUT2D eigenvalue weighted by atomic mass is 10.0. The highest BCUT2D eigenvalue weighted by atomic mass is 16.6. The first-order valence-corrected chi connectivity index (χ1v) is 8.88. The van der Waals surface area contributed by atoms with Crippen LogP contribution in [0.5, 0.6) is 0 Å². The number of nitro groups is 1. The number of rotatable bonds is 5. The number of carbonyl (C=O) groups excluding carboxylic acids is 2. The molecule has 0 aliphatic rings. The summed E-state index contributed by atoms with van der Waals surface area (Å²) in [5.74, 6) is -1.03. The molecule has 8 heteroatoms. The molecular formula is C21H20N4O4. The van der Waals surface area contributed by atoms with Crippen LogP contribution in [-0.4, -0.2) is 30.8 Å². The molecule has 2 N–H and O–H groups in total. The van der Waals surface area contributed by atoms with Gasteiger partial charge in [-0.25, -0.2) is 0 Å². The van der Waals surface area contributed by atoms with Crippen molar-refractivity contribution in [3.8, 4) is 0 Å². The minimum Gasteiger partial charge on any atom is -0.377 e. The van der Waals surface area contributed by atoms with E-state index in [1.54, 1.807) is 19.0 Å². The van der Waals surface area contributed by atoms with Crippen LogP contribution >= 0.6 is 0 Å². The van der Waals surface area contributed by atoms with Crippen molar-refractivity contribution in [2.45, 2.75) is 6.42 Å². The standard InChI is InChI=1S/C21H20N4O4/c1-24(2)19-11-10-16(25(28)29)13-18(19)21(27)23-22-20(26)12-15-8-5-7-14-6-3-4-9-17(14)15/h3-11,13H,12H2,1-2H3,(H,22,26)(H,23,27). The SMILES string of the molecule is CN(C)c1ccc([N+](=O)[O-])cc1C(=O)NNC(=O)Cc1cccc2ccccc12. The average Bonchev–Trinajstić information content (AvgIpc) is 2.71. The van der Waals surface area contributed by atoms with Gasteiger partial charge in [-0.15, -0.1) is 0 Å². The Balaban J connectivity index is 1.72. The summed E-state index contributed by atoms with van der Waals surface area (Å²) in [5, 5.41) is 13.0. The van der Waals surface area contributed by atoms with Gasteiger partial charge >= 0.3 is 0 Å². The van der Waals surface area contributed by atoms with E-state index in [0.29, 0.717) is 5.69 Å². The fourth-order valence-corrected chi connectivity index (χ4v) is 3.07. The zero-order valence-electron chi connectivity index (χ0n) is 16.0. The Bertz CT molecular complexity index is 1090. The Morgan fingerprint density at radius 1 is 1.00 bits per heavy atom. The summed E-state index contributed by atoms with van der Waals surface area (Å²) >= 11 is 0. The van der Waals surface area contributed by atoms with E-state index in [1.807, 2.05) is 42.5 Å². The average molecular weight is 392 g/mol. The van der Waals surface area contributed by atoms with E-state index in [0.717, 1.165) is 16.3 Å². The molecule has 0 saturated heterocycles. The van der Waals surface area contributed by atoms with E-state index in [1.165, 1.54) is 18.2 Å². The third kappa shape index (κ3) is 4.49. The first-order chi connectivity index (χ1) is 13.9. The minimum absolute atomic E-state index is 0.0805. The predicted molar refractivity (Wildman–Crippen MR) is 111 cm³/mol. The van der Waals surface area contributed by atoms with Crippen molar-refractivity contribution in [3.05, 3.63) is 81.9 Å². The topological polar surface area (TPSA) is 105 Å². The molecule has 0 heterocycles. The summed E-state index contributed by atoms with van der Waals surface area (Å²) in [5.41, 5.74) is 5.94. The molecule has 29 heavy (non-hydrogen) atoms. The lowest BCUT2D eigenvalue weighted by Gasteiger charge is -2.17. The van der Waals surface area contributed by atoms with Crippen molar-refractivity contribution >= 4 is 34.0 Å². The summed E-state index contributed by atoms with van der Waals surface area (Å²) in [4.78, 5) is 37.0. The van der Waals surface area contributed by atoms with Crippen LogP contribution in [0.25, 0.3) is 10.8 Å². The zero-order chi connectivity index (χ0) is 21.0. The van der Waals surface area contributed by atoms with Gasteiger partial charge in [0.15, 0.2) is 0 Å². The second-order valence-corrected chi connectivity index (χ2v) is 6.67. The van der Waals surface area contributed by atoms with Gasteiger partial charge in [0.2, 0.25) is 5.91 Å². The molecule has 0 aliphatic heterocycles. The molecule has 0 unspecified atom stereocenters. The van der Waals surface area contributed by atoms with Gasteiger partial charge in [0, 0.05) is 31.9 Å². The van der Waals surface area contributed by atoms with E-state index >= 15 is 0 Å². The maximum atomic E-state index is 12.5. The Morgan fingerprint density at radius 2 is 1.72 bits per heavy atom. The van der Waals surface area contributed by atoms with Crippen LogP contribution in [0, 0.1) is 10.1 Å². The minimum atomic E-state index is -0.635. The fraction of sp³-hybridized carbons (Fsp3) is 0.143. The molecule has 3 aromatic rings. The van der Waals surface area contributed by atoms with Crippen molar-refractivity contribution in [2.75, 3.05) is 19.0 Å². The molecule has 2 amide bonds. The number of nitro benzene ring substituents is 1. The van der Waals surface area contributed by atoms with E-state index < -0.39 is 16.7 Å². The number of hydrogen-bond acceptors (Lipinski definition) is 5. The number of nitrogens with one attached hydrogen (secondary N) is 2. The van der Waals surface area contributed by atoms with Gasteiger partial charge in [0.1, 0.15) is 0 Å². The smallest absolute Gasteiger partial charge is 0.272 e. The zero-order valence-corrected chi connectivity index (χ0v) is 16.0. The Hall–Kier alpha value is -3.94. The number of hydrazine groups is 1. The van der Waals surface area contributed by atoms with Crippen molar-refractivity contribution in [3.63, 3.8) is 0 Å². The molecule has 0 aliphatic carbocycles. The normalized spacial score (nSPS) is 10.4. The quantitative estimate of drug-likeness (QED) is 0.513. The molecule has 0 saturated carbocycles. The van der Waals surface area contributed by atoms with Crippen LogP contribution in [0.3, 0.4) is 0 Å². The number of fused-ring (bicyclic) bond motifs is 1. The highest BCUT2D eigenvalue weighted by Gasteiger charge is 2.18. The number of anilines is 1. The van der Waals surface area contributed by atoms with Crippen LogP contribution < -0.4 is 15.8 Å². The second kappa shape index (κ2) is 8.39. The van der Waals surface area contributed by atoms with Gasteiger partial charge < -0.3 is 4.90 Å². The van der Waals surface area contributed by atoms with Crippen molar-refractivity contribution in [2.24, 2.45) is 0 Å². The largest absolute Gasteiger partial charge is 0.377 e. The first-order valence-electron chi connectivity index (χ1n) is 8.88. The Labute approximate surface area is 167 Å². The van der Waals surface area contributed by atoms with Gasteiger partial charge in [-0.05, 0) is 22.4 Å². The molecule has 148 valence electrons. The molecule has 0 spiro atoms. The molecule has 0 atom stereocenters. The molecule has 3 aromatic carbocycles. The van der Waals surface area contributed by atoms with Crippen molar-refractivity contribution in [1.29, 1.82) is 0 Å². The number of amides is 2. The number of non-ortho nitro benzene ring substituents is 1. The van der Waals surface area contributed by atoms with Crippen LogP contribution in [0.4, 0.5) is 11.4 Å². The lowest BCUT2D eigenvalue weighted by Crippen LogP contribution is -2.42. The molecular weight excluding hydrogens is 372 g/mol. The van der Waals surface area contributed by atoms with Gasteiger partial charge in [-0.1, -0.05) is 42.5 Å². The van der Waals surface area contributed by atoms with E-state index in [4.69, 9.17) is 0 Å². The summed E-state index contributed by atoms with van der Waals surface area (Å²) in [6, 6.07) is 17.4. The predicted octanol–water partition coefficient (Wildman–Crippen LogP) is 2.82. The molecule has 0 aromatic heterocycles. The van der Waals surface area contributed by atoms with Gasteiger partial charge in [-0.2, -0.15) is 0 Å². The number of hydrogen-bond donors (Lipinski definition) is 2. The fourth-order valence-electron chi connectivity index (χ4n) is 3.07. The summed E-state index contributed by atoms with van der Waals surface area (Å²) < 4.78 is 0. The summed E-state index contributed by atoms with van der Waals surface area (Å²) in [7, 11) is 3.44. The lowest BCUT2D eigenvalue weighted by molar-refractivity contribution is -0.384. The highest BCUT2D eigenvalue weighted by molar-refractivity contribution is 6.01. The maximum absolute atomic E-state index is 12.5. The second-order valence-electron chi connectivity index (χ2n) is 6.67. The molecule has 3 rings (SSSR count). The van der Waals surface area contributed by atoms with Crippen molar-refractivity contribution < 1.29 is 14.5 Å². The highest BCUT2D eigenvalue weighted by Crippen LogP contribution is 2.24. The molecule has 0 radical (unpaired) electrons. The van der Waals surface area contributed by atoms with E-state index in [2.05, 4.69) is 10.9 Å². The third-order valence-corrected chi connectivity index (χ3v) is 4.46. The van der Waals surface area contributed by atoms with Crippen LogP contribution in [0.15, 0.2) is 60.7 Å². The summed E-state index contributed by atoms with van der Waals surface area (Å²) in [6.07, 6.45) is 0.0805. The number of nitrogens with zero attached hydrogens (tertiary/aromatic N) is 2. The van der Waals surface area contributed by atoms with Gasteiger partial charge in [0.05, 0.1) is 16.9 Å². The third-order valence-electron chi connectivity index (χ3n) is 4.46. The van der Waals surface area contributed by atoms with Crippen LogP contribution in [0.2, 0.25) is 0 Å². The van der Waals surface area contributed by atoms with Gasteiger partial charge in [-0.3, -0.25) is 30.6 Å². The summed E-state index contributed by atoms with van der Waals surface area (Å²) in [6.45, 7) is 0. The maximum Gasteiger partial charge on any atom is 0.272 e. The van der Waals surface area contributed by atoms with E-state index in [-0.39, 0.29) is 17.7 Å². The molecule has 8 nitrogen and oxygen atoms in total. The first kappa shape index (κ1) is 19.8. The Kier molecular flexibility index (Phi) is 5.73.